The van der Waals surface area contributed by atoms with Crippen LogP contribution in [0.2, 0.25) is 5.15 Å². The molecular formula is C11H15ClN4O. The average molecular weight is 255 g/mol. The van der Waals surface area contributed by atoms with E-state index in [-0.39, 0.29) is 5.91 Å². The van der Waals surface area contributed by atoms with Gasteiger partial charge in [-0.05, 0) is 13.8 Å². The Kier molecular flexibility index (Phi) is 2.95. The highest BCUT2D eigenvalue weighted by Crippen LogP contribution is 2.27. The van der Waals surface area contributed by atoms with E-state index >= 15 is 0 Å². The van der Waals surface area contributed by atoms with Crippen LogP contribution in [0.1, 0.15) is 13.8 Å². The molecule has 1 saturated heterocycles. The van der Waals surface area contributed by atoms with Crippen LogP contribution in [-0.4, -0.2) is 46.5 Å². The largest absolute Gasteiger partial charge is 0.342 e. The molecule has 0 atom stereocenters. The van der Waals surface area contributed by atoms with E-state index in [9.17, 15) is 4.79 Å². The van der Waals surface area contributed by atoms with E-state index in [1.54, 1.807) is 11.1 Å². The van der Waals surface area contributed by atoms with Crippen molar-refractivity contribution in [3.8, 4) is 0 Å². The predicted octanol–water partition coefficient (Wildman–Crippen LogP) is 1.19. The van der Waals surface area contributed by atoms with Crippen LogP contribution in [0.4, 0.5) is 5.82 Å². The number of carbonyl (C=O) groups excluding carboxylic acids is 1. The Morgan fingerprint density at radius 2 is 2.06 bits per heavy atom. The van der Waals surface area contributed by atoms with Crippen LogP contribution in [-0.2, 0) is 4.79 Å². The SMILES string of the molecule is CN1CCN(c2cncc(Cl)n2)C(C)(C)C1=O. The Labute approximate surface area is 105 Å². The summed E-state index contributed by atoms with van der Waals surface area (Å²) < 4.78 is 0. The first-order chi connectivity index (χ1) is 7.93. The lowest BCUT2D eigenvalue weighted by molar-refractivity contribution is -0.136. The number of aromatic nitrogens is 2. The van der Waals surface area contributed by atoms with Gasteiger partial charge in [0.15, 0.2) is 0 Å². The third-order valence-corrected chi connectivity index (χ3v) is 3.25. The fourth-order valence-corrected chi connectivity index (χ4v) is 2.22. The lowest BCUT2D eigenvalue weighted by atomic mass is 9.98. The molecule has 0 unspecified atom stereocenters. The second-order valence-electron chi connectivity index (χ2n) is 4.64. The minimum Gasteiger partial charge on any atom is -0.342 e. The smallest absolute Gasteiger partial charge is 0.247 e. The molecule has 0 aliphatic carbocycles. The Bertz CT molecular complexity index is 449. The zero-order valence-electron chi connectivity index (χ0n) is 10.1. The number of piperazine rings is 1. The topological polar surface area (TPSA) is 49.3 Å². The first-order valence-electron chi connectivity index (χ1n) is 5.43. The minimum absolute atomic E-state index is 0.0746. The molecule has 1 amide bonds. The quantitative estimate of drug-likeness (QED) is 0.755. The van der Waals surface area contributed by atoms with Crippen LogP contribution in [0.5, 0.6) is 0 Å². The van der Waals surface area contributed by atoms with E-state index < -0.39 is 5.54 Å². The molecule has 1 fully saturated rings. The summed E-state index contributed by atoms with van der Waals surface area (Å²) in [4.78, 5) is 24.0. The van der Waals surface area contributed by atoms with Crippen molar-refractivity contribution < 1.29 is 4.79 Å². The van der Waals surface area contributed by atoms with Crippen molar-refractivity contribution in [2.45, 2.75) is 19.4 Å². The van der Waals surface area contributed by atoms with E-state index in [2.05, 4.69) is 9.97 Å². The summed E-state index contributed by atoms with van der Waals surface area (Å²) in [5.41, 5.74) is -0.619. The number of halogens is 1. The molecule has 0 bridgehead atoms. The molecule has 17 heavy (non-hydrogen) atoms. The van der Waals surface area contributed by atoms with Gasteiger partial charge in [0.2, 0.25) is 5.91 Å². The van der Waals surface area contributed by atoms with Crippen LogP contribution < -0.4 is 4.90 Å². The monoisotopic (exact) mass is 254 g/mol. The fraction of sp³-hybridized carbons (Fsp3) is 0.545. The Morgan fingerprint density at radius 1 is 1.35 bits per heavy atom. The summed E-state index contributed by atoms with van der Waals surface area (Å²) in [6, 6.07) is 0. The van der Waals surface area contributed by atoms with Gasteiger partial charge in [0.05, 0.1) is 12.4 Å². The maximum Gasteiger partial charge on any atom is 0.247 e. The first-order valence-corrected chi connectivity index (χ1v) is 5.81. The van der Waals surface area contributed by atoms with Gasteiger partial charge in [0, 0.05) is 20.1 Å². The first kappa shape index (κ1) is 12.1. The fourth-order valence-electron chi connectivity index (χ4n) is 2.08. The summed E-state index contributed by atoms with van der Waals surface area (Å²) in [5, 5.41) is 0.338. The van der Waals surface area contributed by atoms with E-state index in [4.69, 9.17) is 11.6 Å². The van der Waals surface area contributed by atoms with Crippen molar-refractivity contribution in [1.29, 1.82) is 0 Å². The van der Waals surface area contributed by atoms with Crippen molar-refractivity contribution in [2.75, 3.05) is 25.0 Å². The molecule has 0 spiro atoms. The third kappa shape index (κ3) is 2.07. The molecule has 5 nitrogen and oxygen atoms in total. The summed E-state index contributed by atoms with van der Waals surface area (Å²) in [7, 11) is 1.81. The van der Waals surface area contributed by atoms with E-state index in [1.807, 2.05) is 25.8 Å². The second-order valence-corrected chi connectivity index (χ2v) is 5.02. The molecule has 0 radical (unpaired) electrons. The second kappa shape index (κ2) is 4.14. The molecule has 0 aromatic carbocycles. The lowest BCUT2D eigenvalue weighted by Crippen LogP contribution is -2.62. The number of amides is 1. The molecule has 0 N–H and O–H groups in total. The standard InChI is InChI=1S/C11H15ClN4O/c1-11(2)10(17)15(3)4-5-16(11)9-7-13-6-8(12)14-9/h6-7H,4-5H2,1-3H3. The maximum atomic E-state index is 12.1. The predicted molar refractivity (Wildman–Crippen MR) is 66.1 cm³/mol. The normalized spacial score (nSPS) is 19.6. The van der Waals surface area contributed by atoms with Crippen molar-refractivity contribution in [3.05, 3.63) is 17.5 Å². The van der Waals surface area contributed by atoms with Crippen molar-refractivity contribution in [3.63, 3.8) is 0 Å². The maximum absolute atomic E-state index is 12.1. The number of nitrogens with zero attached hydrogens (tertiary/aromatic N) is 4. The summed E-state index contributed by atoms with van der Waals surface area (Å²) in [6.45, 7) is 5.17. The number of carbonyl (C=O) groups is 1. The van der Waals surface area contributed by atoms with Gasteiger partial charge in [0.25, 0.3) is 0 Å². The number of rotatable bonds is 1. The Hall–Kier alpha value is -1.36. The molecule has 1 aliphatic rings. The highest BCUT2D eigenvalue weighted by atomic mass is 35.5. The average Bonchev–Trinajstić information content (AvgIpc) is 2.26. The molecule has 1 aromatic heterocycles. The van der Waals surface area contributed by atoms with Gasteiger partial charge in [-0.2, -0.15) is 0 Å². The van der Waals surface area contributed by atoms with Crippen LogP contribution in [0.25, 0.3) is 0 Å². The van der Waals surface area contributed by atoms with Gasteiger partial charge < -0.3 is 9.80 Å². The number of anilines is 1. The summed E-state index contributed by atoms with van der Waals surface area (Å²) in [5.74, 6) is 0.717. The van der Waals surface area contributed by atoms with Crippen LogP contribution >= 0.6 is 11.6 Å². The number of hydrogen-bond donors (Lipinski definition) is 0. The minimum atomic E-state index is -0.619. The van der Waals surface area contributed by atoms with E-state index in [0.717, 1.165) is 6.54 Å². The molecule has 92 valence electrons. The zero-order chi connectivity index (χ0) is 12.6. The zero-order valence-corrected chi connectivity index (χ0v) is 10.9. The molecule has 0 saturated carbocycles. The van der Waals surface area contributed by atoms with Crippen LogP contribution in [0.15, 0.2) is 12.4 Å². The van der Waals surface area contributed by atoms with Crippen molar-refractivity contribution >= 4 is 23.3 Å². The van der Waals surface area contributed by atoms with E-state index in [1.165, 1.54) is 6.20 Å². The van der Waals surface area contributed by atoms with Crippen molar-refractivity contribution in [2.24, 2.45) is 0 Å². The third-order valence-electron chi connectivity index (χ3n) is 3.07. The number of hydrogen-bond acceptors (Lipinski definition) is 4. The molecule has 2 heterocycles. The van der Waals surface area contributed by atoms with Gasteiger partial charge in [-0.15, -0.1) is 0 Å². The van der Waals surface area contributed by atoms with Gasteiger partial charge >= 0.3 is 0 Å². The van der Waals surface area contributed by atoms with Gasteiger partial charge in [-0.1, -0.05) is 11.6 Å². The highest BCUT2D eigenvalue weighted by Gasteiger charge is 2.41. The molecular weight excluding hydrogens is 240 g/mol. The van der Waals surface area contributed by atoms with Crippen LogP contribution in [0, 0.1) is 0 Å². The highest BCUT2D eigenvalue weighted by molar-refractivity contribution is 6.29. The molecule has 6 heteroatoms. The van der Waals surface area contributed by atoms with E-state index in [0.29, 0.717) is 17.5 Å². The number of likely N-dealkylation sites (N-methyl/N-ethyl adjacent to an activating group) is 1. The van der Waals surface area contributed by atoms with Gasteiger partial charge in [0.1, 0.15) is 16.5 Å². The molecule has 1 aliphatic heterocycles. The van der Waals surface area contributed by atoms with Gasteiger partial charge in [-0.25, -0.2) is 4.98 Å². The van der Waals surface area contributed by atoms with Gasteiger partial charge in [-0.3, -0.25) is 9.78 Å². The summed E-state index contributed by atoms with van der Waals surface area (Å²) in [6.07, 6.45) is 3.11. The summed E-state index contributed by atoms with van der Waals surface area (Å²) >= 11 is 5.83. The Morgan fingerprint density at radius 3 is 2.71 bits per heavy atom. The van der Waals surface area contributed by atoms with Crippen molar-refractivity contribution in [1.82, 2.24) is 14.9 Å². The Balaban J connectivity index is 2.36. The molecule has 2 rings (SSSR count). The van der Waals surface area contributed by atoms with Crippen LogP contribution in [0.3, 0.4) is 0 Å². The lowest BCUT2D eigenvalue weighted by Gasteiger charge is -2.45. The molecule has 1 aromatic rings.